The zero-order valence-corrected chi connectivity index (χ0v) is 10.2. The third-order valence-corrected chi connectivity index (χ3v) is 3.74. The number of benzene rings is 1. The molecule has 3 rings (SSSR count). The zero-order chi connectivity index (χ0) is 11.8. The second-order valence-electron chi connectivity index (χ2n) is 5.09. The molecule has 2 heterocycles. The maximum Gasteiger partial charge on any atom is 0.227 e. The van der Waals surface area contributed by atoms with Crippen molar-refractivity contribution in [2.45, 2.75) is 38.8 Å². The third-order valence-electron chi connectivity index (χ3n) is 3.74. The summed E-state index contributed by atoms with van der Waals surface area (Å²) in [5, 5.41) is 3.46. The number of anilines is 1. The van der Waals surface area contributed by atoms with Crippen molar-refractivity contribution in [2.24, 2.45) is 0 Å². The van der Waals surface area contributed by atoms with E-state index < -0.39 is 0 Å². The Balaban J connectivity index is 1.92. The highest BCUT2D eigenvalue weighted by molar-refractivity contribution is 5.95. The third kappa shape index (κ3) is 1.95. The summed E-state index contributed by atoms with van der Waals surface area (Å²) in [5.74, 6) is 0.270. The number of hydrogen-bond acceptors (Lipinski definition) is 2. The van der Waals surface area contributed by atoms with Gasteiger partial charge in [0.2, 0.25) is 5.91 Å². The van der Waals surface area contributed by atoms with E-state index in [0.717, 1.165) is 31.6 Å². The van der Waals surface area contributed by atoms with Crippen LogP contribution in [0.25, 0.3) is 0 Å². The molecule has 2 aliphatic heterocycles. The lowest BCUT2D eigenvalue weighted by Gasteiger charge is -2.25. The molecule has 0 bridgehead atoms. The van der Waals surface area contributed by atoms with Crippen molar-refractivity contribution >= 4 is 11.6 Å². The van der Waals surface area contributed by atoms with Gasteiger partial charge in [0, 0.05) is 31.2 Å². The Bertz CT molecular complexity index is 456. The number of amides is 1. The van der Waals surface area contributed by atoms with Gasteiger partial charge in [0.05, 0.1) is 0 Å². The lowest BCUT2D eigenvalue weighted by atomic mass is 9.96. The average Bonchev–Trinajstić information content (AvgIpc) is 2.74. The Hall–Kier alpha value is -1.35. The SMILES string of the molecule is C[C@H]1Cc2cc(N3CCCC3=O)ccc2CN1. The molecule has 0 aromatic heterocycles. The molecule has 1 saturated heterocycles. The van der Waals surface area contributed by atoms with Gasteiger partial charge in [0.25, 0.3) is 0 Å². The van der Waals surface area contributed by atoms with Crippen LogP contribution in [-0.4, -0.2) is 18.5 Å². The summed E-state index contributed by atoms with van der Waals surface area (Å²) in [6, 6.07) is 6.98. The first-order valence-electron chi connectivity index (χ1n) is 6.39. The van der Waals surface area contributed by atoms with Crippen LogP contribution in [0.2, 0.25) is 0 Å². The van der Waals surface area contributed by atoms with Gasteiger partial charge in [0.1, 0.15) is 0 Å². The minimum absolute atomic E-state index is 0.270. The summed E-state index contributed by atoms with van der Waals surface area (Å²) in [6.45, 7) is 4.03. The van der Waals surface area contributed by atoms with Gasteiger partial charge in [-0.1, -0.05) is 6.07 Å². The highest BCUT2D eigenvalue weighted by Crippen LogP contribution is 2.26. The van der Waals surface area contributed by atoms with E-state index in [2.05, 4.69) is 30.4 Å². The van der Waals surface area contributed by atoms with E-state index in [1.54, 1.807) is 0 Å². The van der Waals surface area contributed by atoms with Crippen LogP contribution in [0.5, 0.6) is 0 Å². The Morgan fingerprint density at radius 1 is 1.35 bits per heavy atom. The molecule has 3 nitrogen and oxygen atoms in total. The Kier molecular flexibility index (Phi) is 2.63. The normalized spacial score (nSPS) is 23.9. The molecule has 0 spiro atoms. The maximum atomic E-state index is 11.7. The lowest BCUT2D eigenvalue weighted by molar-refractivity contribution is -0.117. The standard InChI is InChI=1S/C14H18N2O/c1-10-7-12-8-13(5-4-11(12)9-15-10)16-6-2-3-14(16)17/h4-5,8,10,15H,2-3,6-7,9H2,1H3/t10-/m0/s1. The smallest absolute Gasteiger partial charge is 0.227 e. The Morgan fingerprint density at radius 2 is 2.24 bits per heavy atom. The first-order chi connectivity index (χ1) is 8.24. The molecule has 1 amide bonds. The molecule has 1 aromatic rings. The van der Waals surface area contributed by atoms with Gasteiger partial charge in [-0.2, -0.15) is 0 Å². The molecule has 90 valence electrons. The van der Waals surface area contributed by atoms with Crippen molar-refractivity contribution in [3.63, 3.8) is 0 Å². The van der Waals surface area contributed by atoms with Gasteiger partial charge in [-0.05, 0) is 43.0 Å². The second-order valence-corrected chi connectivity index (χ2v) is 5.09. The van der Waals surface area contributed by atoms with Gasteiger partial charge in [0.15, 0.2) is 0 Å². The molecular formula is C14H18N2O. The molecule has 0 saturated carbocycles. The van der Waals surface area contributed by atoms with Crippen molar-refractivity contribution in [3.05, 3.63) is 29.3 Å². The minimum atomic E-state index is 0.270. The van der Waals surface area contributed by atoms with E-state index in [1.165, 1.54) is 11.1 Å². The first-order valence-corrected chi connectivity index (χ1v) is 6.39. The van der Waals surface area contributed by atoms with Gasteiger partial charge in [-0.15, -0.1) is 0 Å². The van der Waals surface area contributed by atoms with Crippen molar-refractivity contribution in [2.75, 3.05) is 11.4 Å². The molecule has 2 aliphatic rings. The molecular weight excluding hydrogens is 212 g/mol. The van der Waals surface area contributed by atoms with Crippen LogP contribution >= 0.6 is 0 Å². The number of rotatable bonds is 1. The fourth-order valence-corrected chi connectivity index (χ4v) is 2.75. The van der Waals surface area contributed by atoms with Crippen molar-refractivity contribution in [1.82, 2.24) is 5.32 Å². The largest absolute Gasteiger partial charge is 0.312 e. The summed E-state index contributed by atoms with van der Waals surface area (Å²) >= 11 is 0. The summed E-state index contributed by atoms with van der Waals surface area (Å²) in [6.07, 6.45) is 2.76. The topological polar surface area (TPSA) is 32.3 Å². The molecule has 1 aromatic carbocycles. The number of nitrogens with one attached hydrogen (secondary N) is 1. The second kappa shape index (κ2) is 4.15. The van der Waals surface area contributed by atoms with E-state index >= 15 is 0 Å². The zero-order valence-electron chi connectivity index (χ0n) is 10.2. The Morgan fingerprint density at radius 3 is 3.00 bits per heavy atom. The van der Waals surface area contributed by atoms with Crippen LogP contribution in [0.1, 0.15) is 30.9 Å². The molecule has 3 heteroatoms. The number of fused-ring (bicyclic) bond motifs is 1. The van der Waals surface area contributed by atoms with Crippen LogP contribution in [0.15, 0.2) is 18.2 Å². The molecule has 1 fully saturated rings. The molecule has 0 aliphatic carbocycles. The first kappa shape index (κ1) is 10.8. The minimum Gasteiger partial charge on any atom is -0.312 e. The number of carbonyl (C=O) groups is 1. The predicted octanol–water partition coefficient (Wildman–Crippen LogP) is 1.85. The maximum absolute atomic E-state index is 11.7. The van der Waals surface area contributed by atoms with E-state index in [1.807, 2.05) is 4.90 Å². The predicted molar refractivity (Wildman–Crippen MR) is 68.0 cm³/mol. The molecule has 0 unspecified atom stereocenters. The highest BCUT2D eigenvalue weighted by atomic mass is 16.2. The monoisotopic (exact) mass is 230 g/mol. The molecule has 17 heavy (non-hydrogen) atoms. The lowest BCUT2D eigenvalue weighted by Crippen LogP contribution is -2.33. The van der Waals surface area contributed by atoms with Gasteiger partial charge in [-0.3, -0.25) is 4.79 Å². The van der Waals surface area contributed by atoms with E-state index in [0.29, 0.717) is 12.5 Å². The van der Waals surface area contributed by atoms with Crippen LogP contribution in [0.3, 0.4) is 0 Å². The van der Waals surface area contributed by atoms with Crippen molar-refractivity contribution in [1.29, 1.82) is 0 Å². The van der Waals surface area contributed by atoms with Crippen LogP contribution in [0, 0.1) is 0 Å². The average molecular weight is 230 g/mol. The van der Waals surface area contributed by atoms with Crippen LogP contribution in [0.4, 0.5) is 5.69 Å². The Labute approximate surface area is 102 Å². The van der Waals surface area contributed by atoms with Gasteiger partial charge >= 0.3 is 0 Å². The summed E-state index contributed by atoms with van der Waals surface area (Å²) in [5.41, 5.74) is 3.85. The number of nitrogens with zero attached hydrogens (tertiary/aromatic N) is 1. The van der Waals surface area contributed by atoms with Gasteiger partial charge < -0.3 is 10.2 Å². The quantitative estimate of drug-likeness (QED) is 0.798. The molecule has 1 N–H and O–H groups in total. The van der Waals surface area contributed by atoms with E-state index in [-0.39, 0.29) is 5.91 Å². The summed E-state index contributed by atoms with van der Waals surface area (Å²) in [4.78, 5) is 13.6. The van der Waals surface area contributed by atoms with Crippen molar-refractivity contribution < 1.29 is 4.79 Å². The molecule has 0 radical (unpaired) electrons. The van der Waals surface area contributed by atoms with Gasteiger partial charge in [-0.25, -0.2) is 0 Å². The number of carbonyl (C=O) groups excluding carboxylic acids is 1. The van der Waals surface area contributed by atoms with E-state index in [4.69, 9.17) is 0 Å². The van der Waals surface area contributed by atoms with Crippen LogP contribution in [-0.2, 0) is 17.8 Å². The summed E-state index contributed by atoms with van der Waals surface area (Å²) < 4.78 is 0. The van der Waals surface area contributed by atoms with Crippen molar-refractivity contribution in [3.8, 4) is 0 Å². The summed E-state index contributed by atoms with van der Waals surface area (Å²) in [7, 11) is 0. The van der Waals surface area contributed by atoms with E-state index in [9.17, 15) is 4.79 Å². The highest BCUT2D eigenvalue weighted by Gasteiger charge is 2.23. The number of hydrogen-bond donors (Lipinski definition) is 1. The fraction of sp³-hybridized carbons (Fsp3) is 0.500. The molecule has 1 atom stereocenters. The fourth-order valence-electron chi connectivity index (χ4n) is 2.75. The van der Waals surface area contributed by atoms with Crippen LogP contribution < -0.4 is 10.2 Å².